The molecule has 19 heavy (non-hydrogen) atoms. The van der Waals surface area contributed by atoms with Crippen LogP contribution in [0.2, 0.25) is 5.02 Å². The average Bonchev–Trinajstić information content (AvgIpc) is 2.37. The maximum absolute atomic E-state index is 11.1. The Morgan fingerprint density at radius 1 is 1.11 bits per heavy atom. The summed E-state index contributed by atoms with van der Waals surface area (Å²) in [5.74, 6) is -2.40. The van der Waals surface area contributed by atoms with Crippen molar-refractivity contribution in [1.29, 1.82) is 0 Å². The van der Waals surface area contributed by atoms with Crippen molar-refractivity contribution in [1.82, 2.24) is 4.98 Å². The van der Waals surface area contributed by atoms with Crippen molar-refractivity contribution in [3.8, 4) is 11.1 Å². The molecule has 2 rings (SSSR count). The molecule has 5 nitrogen and oxygen atoms in total. The molecule has 2 aromatic rings. The van der Waals surface area contributed by atoms with E-state index in [2.05, 4.69) is 4.98 Å². The first-order chi connectivity index (χ1) is 8.99. The number of aromatic nitrogens is 1. The third kappa shape index (κ3) is 2.71. The Morgan fingerprint density at radius 2 is 1.84 bits per heavy atom. The number of pyridine rings is 1. The van der Waals surface area contributed by atoms with Gasteiger partial charge in [-0.15, -0.1) is 0 Å². The van der Waals surface area contributed by atoms with Gasteiger partial charge in [-0.1, -0.05) is 23.7 Å². The molecule has 0 aliphatic heterocycles. The van der Waals surface area contributed by atoms with Crippen LogP contribution in [-0.2, 0) is 0 Å². The molecule has 0 fully saturated rings. The fourth-order valence-corrected chi connectivity index (χ4v) is 1.83. The lowest BCUT2D eigenvalue weighted by molar-refractivity contribution is 0.0676. The van der Waals surface area contributed by atoms with E-state index >= 15 is 0 Å². The van der Waals surface area contributed by atoms with E-state index in [0.717, 1.165) is 6.20 Å². The van der Waals surface area contributed by atoms with E-state index in [1.54, 1.807) is 24.3 Å². The number of carboxylic acid groups (broad SMARTS) is 2. The van der Waals surface area contributed by atoms with Crippen molar-refractivity contribution in [2.75, 3.05) is 0 Å². The quantitative estimate of drug-likeness (QED) is 0.901. The van der Waals surface area contributed by atoms with Crippen LogP contribution in [0.15, 0.2) is 36.5 Å². The Kier molecular flexibility index (Phi) is 3.48. The summed E-state index contributed by atoms with van der Waals surface area (Å²) in [5, 5.41) is 18.4. The second-order valence-corrected chi connectivity index (χ2v) is 4.17. The first kappa shape index (κ1) is 13.0. The molecule has 0 atom stereocenters. The van der Waals surface area contributed by atoms with Crippen LogP contribution in [-0.4, -0.2) is 27.1 Å². The molecule has 1 aromatic carbocycles. The first-order valence-electron chi connectivity index (χ1n) is 5.21. The molecule has 0 spiro atoms. The summed E-state index contributed by atoms with van der Waals surface area (Å²) in [4.78, 5) is 25.6. The Hall–Kier alpha value is -2.40. The number of benzene rings is 1. The minimum atomic E-state index is -1.22. The zero-order valence-electron chi connectivity index (χ0n) is 9.50. The number of aromatic carboxylic acids is 2. The van der Waals surface area contributed by atoms with Crippen molar-refractivity contribution >= 4 is 23.5 Å². The number of rotatable bonds is 3. The zero-order chi connectivity index (χ0) is 14.0. The lowest BCUT2D eigenvalue weighted by Crippen LogP contribution is -2.06. The van der Waals surface area contributed by atoms with Crippen molar-refractivity contribution in [3.05, 3.63) is 52.8 Å². The maximum atomic E-state index is 11.1. The number of carboxylic acids is 2. The zero-order valence-corrected chi connectivity index (χ0v) is 10.3. The van der Waals surface area contributed by atoms with Gasteiger partial charge in [0.05, 0.1) is 5.56 Å². The number of hydrogen-bond acceptors (Lipinski definition) is 3. The highest BCUT2D eigenvalue weighted by Crippen LogP contribution is 2.26. The van der Waals surface area contributed by atoms with Gasteiger partial charge in [0, 0.05) is 16.8 Å². The standard InChI is InChI=1S/C13H8ClNO4/c14-8-3-1-2-7(4-8)9-5-11(13(18)19)15-6-10(9)12(16)17/h1-6H,(H,16,17)(H,18,19). The van der Waals surface area contributed by atoms with Crippen LogP contribution >= 0.6 is 11.6 Å². The average molecular weight is 278 g/mol. The molecule has 0 bridgehead atoms. The Morgan fingerprint density at radius 3 is 2.42 bits per heavy atom. The van der Waals surface area contributed by atoms with E-state index in [9.17, 15) is 9.59 Å². The summed E-state index contributed by atoms with van der Waals surface area (Å²) in [5.41, 5.74) is 0.490. The van der Waals surface area contributed by atoms with Crippen LogP contribution in [0.25, 0.3) is 11.1 Å². The predicted molar refractivity (Wildman–Crippen MR) is 68.6 cm³/mol. The summed E-state index contributed by atoms with van der Waals surface area (Å²) >= 11 is 5.85. The van der Waals surface area contributed by atoms with Gasteiger partial charge in [-0.05, 0) is 23.8 Å². The van der Waals surface area contributed by atoms with E-state index in [-0.39, 0.29) is 16.8 Å². The minimum Gasteiger partial charge on any atom is -0.478 e. The van der Waals surface area contributed by atoms with Gasteiger partial charge in [0.1, 0.15) is 5.69 Å². The van der Waals surface area contributed by atoms with Crippen molar-refractivity contribution in [2.45, 2.75) is 0 Å². The first-order valence-corrected chi connectivity index (χ1v) is 5.59. The van der Waals surface area contributed by atoms with Crippen LogP contribution in [0.3, 0.4) is 0 Å². The highest BCUT2D eigenvalue weighted by Gasteiger charge is 2.16. The second-order valence-electron chi connectivity index (χ2n) is 3.74. The van der Waals surface area contributed by atoms with E-state index in [1.807, 2.05) is 0 Å². The monoisotopic (exact) mass is 277 g/mol. The Labute approximate surface area is 113 Å². The fraction of sp³-hybridized carbons (Fsp3) is 0. The van der Waals surface area contributed by atoms with Crippen molar-refractivity contribution in [3.63, 3.8) is 0 Å². The van der Waals surface area contributed by atoms with Gasteiger partial charge in [-0.25, -0.2) is 14.6 Å². The van der Waals surface area contributed by atoms with Crippen molar-refractivity contribution < 1.29 is 19.8 Å². The van der Waals surface area contributed by atoms with Gasteiger partial charge in [0.15, 0.2) is 0 Å². The largest absolute Gasteiger partial charge is 0.478 e. The minimum absolute atomic E-state index is 0.0766. The van der Waals surface area contributed by atoms with Gasteiger partial charge < -0.3 is 10.2 Å². The van der Waals surface area contributed by atoms with Crippen LogP contribution in [0.5, 0.6) is 0 Å². The van der Waals surface area contributed by atoms with Gasteiger partial charge in [-0.2, -0.15) is 0 Å². The third-order valence-corrected chi connectivity index (χ3v) is 2.72. The Balaban J connectivity index is 2.67. The molecular formula is C13H8ClNO4. The van der Waals surface area contributed by atoms with Crippen LogP contribution in [0.4, 0.5) is 0 Å². The lowest BCUT2D eigenvalue weighted by Gasteiger charge is -2.07. The molecule has 96 valence electrons. The predicted octanol–water partition coefficient (Wildman–Crippen LogP) is 2.80. The van der Waals surface area contributed by atoms with Gasteiger partial charge in [-0.3, -0.25) is 0 Å². The third-order valence-electron chi connectivity index (χ3n) is 2.49. The van der Waals surface area contributed by atoms with Gasteiger partial charge in [0.2, 0.25) is 0 Å². The van der Waals surface area contributed by atoms with Crippen molar-refractivity contribution in [2.24, 2.45) is 0 Å². The molecule has 1 heterocycles. The molecule has 0 amide bonds. The molecule has 0 saturated heterocycles. The highest BCUT2D eigenvalue weighted by atomic mass is 35.5. The van der Waals surface area contributed by atoms with Crippen LogP contribution in [0.1, 0.15) is 20.8 Å². The van der Waals surface area contributed by atoms with E-state index < -0.39 is 11.9 Å². The summed E-state index contributed by atoms with van der Waals surface area (Å²) in [6.45, 7) is 0. The molecule has 6 heteroatoms. The topological polar surface area (TPSA) is 87.5 Å². The van der Waals surface area contributed by atoms with E-state index in [0.29, 0.717) is 10.6 Å². The molecule has 0 unspecified atom stereocenters. The summed E-state index contributed by atoms with van der Waals surface area (Å²) < 4.78 is 0. The molecule has 1 aromatic heterocycles. The molecule has 0 radical (unpaired) electrons. The van der Waals surface area contributed by atoms with Gasteiger partial charge >= 0.3 is 11.9 Å². The second kappa shape index (κ2) is 5.07. The van der Waals surface area contributed by atoms with Gasteiger partial charge in [0.25, 0.3) is 0 Å². The molecule has 0 aliphatic carbocycles. The number of halogens is 1. The van der Waals surface area contributed by atoms with E-state index in [1.165, 1.54) is 6.07 Å². The SMILES string of the molecule is O=C(O)c1cc(-c2cccc(Cl)c2)c(C(=O)O)cn1. The molecule has 0 saturated carbocycles. The molecule has 2 N–H and O–H groups in total. The smallest absolute Gasteiger partial charge is 0.354 e. The maximum Gasteiger partial charge on any atom is 0.354 e. The normalized spacial score (nSPS) is 10.2. The molecular weight excluding hydrogens is 270 g/mol. The number of carbonyl (C=O) groups is 2. The summed E-state index contributed by atoms with van der Waals surface area (Å²) in [6, 6.07) is 7.74. The van der Waals surface area contributed by atoms with Crippen LogP contribution in [0, 0.1) is 0 Å². The number of hydrogen-bond donors (Lipinski definition) is 2. The number of nitrogens with zero attached hydrogens (tertiary/aromatic N) is 1. The van der Waals surface area contributed by atoms with Crippen LogP contribution < -0.4 is 0 Å². The summed E-state index contributed by atoms with van der Waals surface area (Å²) in [7, 11) is 0. The summed E-state index contributed by atoms with van der Waals surface area (Å²) in [6.07, 6.45) is 1.03. The highest BCUT2D eigenvalue weighted by molar-refractivity contribution is 6.30. The lowest BCUT2D eigenvalue weighted by atomic mass is 10.0. The molecule has 0 aliphatic rings. The van der Waals surface area contributed by atoms with E-state index in [4.69, 9.17) is 21.8 Å². The fourth-order valence-electron chi connectivity index (χ4n) is 1.64. The Bertz CT molecular complexity index is 669.